The minimum Gasteiger partial charge on any atom is -0.465 e. The number of ether oxygens (including phenoxy) is 3. The number of rotatable bonds is 8. The fraction of sp³-hybridized carbons (Fsp3) is 0.194. The van der Waals surface area contributed by atoms with E-state index >= 15 is 0 Å². The Balaban J connectivity index is 1.65. The quantitative estimate of drug-likeness (QED) is 0.165. The highest BCUT2D eigenvalue weighted by Gasteiger charge is 2.46. The van der Waals surface area contributed by atoms with Crippen LogP contribution in [0.25, 0.3) is 22.1 Å². The van der Waals surface area contributed by atoms with E-state index in [1.54, 1.807) is 62.4 Å². The van der Waals surface area contributed by atoms with E-state index in [1.807, 2.05) is 12.1 Å². The van der Waals surface area contributed by atoms with Crippen LogP contribution in [0.1, 0.15) is 37.5 Å². The Hall–Kier alpha value is -5.41. The lowest BCUT2D eigenvalue weighted by Gasteiger charge is -2.25. The van der Waals surface area contributed by atoms with E-state index in [-0.39, 0.29) is 35.5 Å². The second-order valence-corrected chi connectivity index (χ2v) is 8.82. The topological polar surface area (TPSA) is 140 Å². The molecule has 0 N–H and O–H groups in total. The van der Waals surface area contributed by atoms with Gasteiger partial charge < -0.3 is 18.6 Å². The molecule has 0 unspecified atom stereocenters. The van der Waals surface area contributed by atoms with Crippen molar-refractivity contribution < 1.29 is 28.2 Å². The number of carbonyl (C=O) groups is 2. The van der Waals surface area contributed by atoms with Crippen LogP contribution in [0.4, 0.5) is 0 Å². The van der Waals surface area contributed by atoms with E-state index in [0.717, 1.165) is 0 Å². The fourth-order valence-electron chi connectivity index (χ4n) is 4.11. The first-order chi connectivity index (χ1) is 19.2. The first-order valence-electron chi connectivity index (χ1n) is 12.4. The van der Waals surface area contributed by atoms with Crippen molar-refractivity contribution in [2.75, 3.05) is 13.2 Å². The molecule has 0 spiro atoms. The summed E-state index contributed by atoms with van der Waals surface area (Å²) in [5.41, 5.74) is -0.543. The van der Waals surface area contributed by atoms with Crippen LogP contribution in [0, 0.1) is 22.7 Å². The average molecular weight is 537 g/mol. The number of fused-ring (bicyclic) bond motifs is 1. The van der Waals surface area contributed by atoms with Crippen LogP contribution < -0.4 is 10.4 Å². The zero-order chi connectivity index (χ0) is 28.9. The maximum Gasteiger partial charge on any atom is 0.344 e. The molecule has 9 nitrogen and oxygen atoms in total. The Labute approximate surface area is 229 Å². The van der Waals surface area contributed by atoms with Crippen molar-refractivity contribution in [2.45, 2.75) is 26.2 Å². The molecule has 1 aromatic heterocycles. The van der Waals surface area contributed by atoms with Crippen molar-refractivity contribution in [3.8, 4) is 34.8 Å². The van der Waals surface area contributed by atoms with Crippen LogP contribution in [0.15, 0.2) is 75.9 Å². The van der Waals surface area contributed by atoms with Gasteiger partial charge in [-0.1, -0.05) is 24.3 Å². The third kappa shape index (κ3) is 5.27. The third-order valence-electron chi connectivity index (χ3n) is 6.31. The van der Waals surface area contributed by atoms with Crippen molar-refractivity contribution >= 4 is 22.9 Å². The molecule has 0 atom stereocenters. The Morgan fingerprint density at radius 3 is 2.05 bits per heavy atom. The number of nitrogens with zero attached hydrogens (tertiary/aromatic N) is 2. The van der Waals surface area contributed by atoms with E-state index in [4.69, 9.17) is 23.9 Å². The summed E-state index contributed by atoms with van der Waals surface area (Å²) in [5, 5.41) is 18.9. The summed E-state index contributed by atoms with van der Waals surface area (Å²) in [6, 6.07) is 21.6. The number of hydrogen-bond acceptors (Lipinski definition) is 9. The molecule has 3 aromatic carbocycles. The van der Waals surface area contributed by atoms with Crippen LogP contribution >= 0.6 is 0 Å². The summed E-state index contributed by atoms with van der Waals surface area (Å²) in [4.78, 5) is 38.5. The number of hydrogen-bond donors (Lipinski definition) is 0. The molecular weight excluding hydrogens is 512 g/mol. The predicted molar refractivity (Wildman–Crippen MR) is 144 cm³/mol. The number of benzene rings is 3. The first-order valence-corrected chi connectivity index (χ1v) is 12.4. The van der Waals surface area contributed by atoms with Gasteiger partial charge in [0.2, 0.25) is 0 Å². The molecule has 0 amide bonds. The van der Waals surface area contributed by atoms with E-state index in [2.05, 4.69) is 0 Å². The van der Waals surface area contributed by atoms with Gasteiger partial charge in [0.05, 0.1) is 29.9 Å². The standard InChI is InChI=1S/C31H24N2O7/c1-4-37-29(35)31(3,30(36)38-5-2)23-10-6-20-15-26(28(34)40-27(20)16-23)19-7-11-24(12-8-19)39-25-13-9-21(17-32)22(14-25)18-33/h6-16H,4-5H2,1-3H3. The van der Waals surface area contributed by atoms with E-state index in [0.29, 0.717) is 28.0 Å². The Morgan fingerprint density at radius 1 is 0.825 bits per heavy atom. The van der Waals surface area contributed by atoms with Crippen LogP contribution in [0.3, 0.4) is 0 Å². The van der Waals surface area contributed by atoms with Gasteiger partial charge in [-0.05, 0) is 74.4 Å². The van der Waals surface area contributed by atoms with Crippen molar-refractivity contribution in [3.05, 3.63) is 93.8 Å². The molecule has 4 rings (SSSR count). The molecule has 0 aliphatic rings. The second kappa shape index (κ2) is 11.5. The van der Waals surface area contributed by atoms with Crippen LogP contribution in [0.5, 0.6) is 11.5 Å². The fourth-order valence-corrected chi connectivity index (χ4v) is 4.11. The summed E-state index contributed by atoms with van der Waals surface area (Å²) in [6.07, 6.45) is 0. The second-order valence-electron chi connectivity index (χ2n) is 8.82. The summed E-state index contributed by atoms with van der Waals surface area (Å²) < 4.78 is 21.7. The van der Waals surface area contributed by atoms with E-state index < -0.39 is 23.0 Å². The number of esters is 2. The van der Waals surface area contributed by atoms with Gasteiger partial charge >= 0.3 is 17.6 Å². The van der Waals surface area contributed by atoms with Gasteiger partial charge in [0, 0.05) is 5.39 Å². The summed E-state index contributed by atoms with van der Waals surface area (Å²) in [5.74, 6) is -0.677. The molecule has 0 bridgehead atoms. The highest BCUT2D eigenvalue weighted by atomic mass is 16.6. The maximum absolute atomic E-state index is 12.9. The van der Waals surface area contributed by atoms with Gasteiger partial charge in [-0.15, -0.1) is 0 Å². The molecule has 0 saturated heterocycles. The van der Waals surface area contributed by atoms with Crippen molar-refractivity contribution in [2.24, 2.45) is 0 Å². The lowest BCUT2D eigenvalue weighted by molar-refractivity contribution is -0.163. The molecule has 0 fully saturated rings. The van der Waals surface area contributed by atoms with Gasteiger partial charge in [0.1, 0.15) is 29.2 Å². The Morgan fingerprint density at radius 2 is 1.45 bits per heavy atom. The average Bonchev–Trinajstić information content (AvgIpc) is 2.96. The molecule has 40 heavy (non-hydrogen) atoms. The van der Waals surface area contributed by atoms with Crippen LogP contribution in [-0.2, 0) is 24.5 Å². The molecule has 4 aromatic rings. The summed E-state index contributed by atoms with van der Waals surface area (Å²) >= 11 is 0. The Kier molecular flexibility index (Phi) is 7.97. The Bertz CT molecular complexity index is 1720. The van der Waals surface area contributed by atoms with Crippen molar-refractivity contribution in [1.29, 1.82) is 10.5 Å². The molecule has 0 aliphatic heterocycles. The van der Waals surface area contributed by atoms with Gasteiger partial charge in [0.15, 0.2) is 5.41 Å². The normalized spacial score (nSPS) is 10.8. The molecular formula is C31H24N2O7. The highest BCUT2D eigenvalue weighted by Crippen LogP contribution is 2.32. The van der Waals surface area contributed by atoms with Crippen molar-refractivity contribution in [3.63, 3.8) is 0 Å². The van der Waals surface area contributed by atoms with Gasteiger partial charge in [-0.25, -0.2) is 4.79 Å². The third-order valence-corrected chi connectivity index (χ3v) is 6.31. The van der Waals surface area contributed by atoms with Gasteiger partial charge in [-0.3, -0.25) is 9.59 Å². The van der Waals surface area contributed by atoms with Gasteiger partial charge in [0.25, 0.3) is 0 Å². The summed E-state index contributed by atoms with van der Waals surface area (Å²) in [6.45, 7) is 4.86. The summed E-state index contributed by atoms with van der Waals surface area (Å²) in [7, 11) is 0. The molecule has 200 valence electrons. The first kappa shape index (κ1) is 27.6. The van der Waals surface area contributed by atoms with Crippen molar-refractivity contribution in [1.82, 2.24) is 0 Å². The minimum absolute atomic E-state index is 0.0814. The van der Waals surface area contributed by atoms with E-state index in [9.17, 15) is 19.6 Å². The van der Waals surface area contributed by atoms with Crippen LogP contribution in [-0.4, -0.2) is 25.2 Å². The molecule has 1 heterocycles. The zero-order valence-corrected chi connectivity index (χ0v) is 22.0. The zero-order valence-electron chi connectivity index (χ0n) is 22.0. The lowest BCUT2D eigenvalue weighted by Crippen LogP contribution is -2.43. The maximum atomic E-state index is 12.9. The largest absolute Gasteiger partial charge is 0.465 e. The van der Waals surface area contributed by atoms with E-state index in [1.165, 1.54) is 25.1 Å². The highest BCUT2D eigenvalue weighted by molar-refractivity contribution is 6.06. The smallest absolute Gasteiger partial charge is 0.344 e. The predicted octanol–water partition coefficient (Wildman–Crippen LogP) is 5.38. The number of carbonyl (C=O) groups excluding carboxylic acids is 2. The van der Waals surface area contributed by atoms with Gasteiger partial charge in [-0.2, -0.15) is 10.5 Å². The monoisotopic (exact) mass is 536 g/mol. The SMILES string of the molecule is CCOC(=O)C(C)(C(=O)OCC)c1ccc2cc(-c3ccc(Oc4ccc(C#N)c(C#N)c4)cc3)c(=O)oc2c1. The molecule has 0 aliphatic carbocycles. The lowest BCUT2D eigenvalue weighted by atomic mass is 9.82. The number of nitriles is 2. The molecule has 0 radical (unpaired) electrons. The molecule has 9 heteroatoms. The molecule has 0 saturated carbocycles. The van der Waals surface area contributed by atoms with Crippen LogP contribution in [0.2, 0.25) is 0 Å². The minimum atomic E-state index is -1.74.